The zero-order valence-corrected chi connectivity index (χ0v) is 12.5. The number of Topliss-reactive ketones (excluding diaryl/α,β-unsaturated/α-hetero) is 1. The number of carbonyl (C=O) groups is 1. The molecule has 1 aliphatic rings. The number of aromatic hydroxyl groups is 2. The minimum Gasteiger partial charge on any atom is -0.504 e. The predicted molar refractivity (Wildman–Crippen MR) is 82.5 cm³/mol. The van der Waals surface area contributed by atoms with Crippen molar-refractivity contribution in [1.29, 1.82) is 0 Å². The lowest BCUT2D eigenvalue weighted by atomic mass is 9.85. The molecule has 1 aromatic carbocycles. The van der Waals surface area contributed by atoms with E-state index in [1.54, 1.807) is 12.1 Å². The molecule has 1 aromatic rings. The van der Waals surface area contributed by atoms with Crippen LogP contribution in [0, 0.1) is 5.92 Å². The van der Waals surface area contributed by atoms with Crippen molar-refractivity contribution in [2.75, 3.05) is 13.1 Å². The molecule has 116 valence electrons. The highest BCUT2D eigenvalue weighted by atomic mass is 16.3. The molecule has 21 heavy (non-hydrogen) atoms. The van der Waals surface area contributed by atoms with Crippen molar-refractivity contribution in [2.45, 2.75) is 44.9 Å². The second kappa shape index (κ2) is 8.03. The summed E-state index contributed by atoms with van der Waals surface area (Å²) in [5.74, 6) is 0.531. The highest BCUT2D eigenvalue weighted by Crippen LogP contribution is 2.25. The van der Waals surface area contributed by atoms with Gasteiger partial charge in [-0.15, -0.1) is 0 Å². The lowest BCUT2D eigenvalue weighted by Gasteiger charge is -2.20. The summed E-state index contributed by atoms with van der Waals surface area (Å²) in [4.78, 5) is 12.0. The Hall–Kier alpha value is -1.55. The van der Waals surface area contributed by atoms with Gasteiger partial charge in [0.15, 0.2) is 11.5 Å². The van der Waals surface area contributed by atoms with Gasteiger partial charge in [-0.3, -0.25) is 4.79 Å². The maximum absolute atomic E-state index is 12.0. The van der Waals surface area contributed by atoms with Gasteiger partial charge < -0.3 is 15.5 Å². The zero-order valence-electron chi connectivity index (χ0n) is 12.5. The normalized spacial score (nSPS) is 16.0. The van der Waals surface area contributed by atoms with Gasteiger partial charge in [0.05, 0.1) is 0 Å². The number of phenols is 2. The van der Waals surface area contributed by atoms with Crippen molar-refractivity contribution < 1.29 is 15.0 Å². The Labute approximate surface area is 126 Å². The van der Waals surface area contributed by atoms with Gasteiger partial charge in [0.1, 0.15) is 5.78 Å². The van der Waals surface area contributed by atoms with E-state index in [-0.39, 0.29) is 11.5 Å². The standard InChI is InChI=1S/C17H25NO3/c19-15(14-4-2-1-3-5-14)9-11-18-10-8-13-6-7-16(20)17(21)12-13/h6-7,12,14,18,20-21H,1-5,8-11H2. The molecule has 0 amide bonds. The van der Waals surface area contributed by atoms with Crippen LogP contribution in [0.3, 0.4) is 0 Å². The van der Waals surface area contributed by atoms with E-state index in [1.165, 1.54) is 25.3 Å². The predicted octanol–water partition coefficient (Wildman–Crippen LogP) is 2.77. The lowest BCUT2D eigenvalue weighted by molar-refractivity contribution is -0.123. The van der Waals surface area contributed by atoms with E-state index < -0.39 is 0 Å². The van der Waals surface area contributed by atoms with E-state index in [2.05, 4.69) is 5.32 Å². The largest absolute Gasteiger partial charge is 0.504 e. The summed E-state index contributed by atoms with van der Waals surface area (Å²) < 4.78 is 0. The molecule has 1 fully saturated rings. The Kier molecular flexibility index (Phi) is 6.05. The van der Waals surface area contributed by atoms with Gasteiger partial charge in [0, 0.05) is 18.9 Å². The van der Waals surface area contributed by atoms with Gasteiger partial charge in [0.25, 0.3) is 0 Å². The lowest BCUT2D eigenvalue weighted by Crippen LogP contribution is -2.25. The quantitative estimate of drug-likeness (QED) is 0.534. The van der Waals surface area contributed by atoms with Crippen molar-refractivity contribution in [1.82, 2.24) is 5.32 Å². The topological polar surface area (TPSA) is 69.6 Å². The van der Waals surface area contributed by atoms with Gasteiger partial charge in [-0.1, -0.05) is 25.3 Å². The van der Waals surface area contributed by atoms with Gasteiger partial charge in [-0.2, -0.15) is 0 Å². The van der Waals surface area contributed by atoms with Crippen LogP contribution in [0.4, 0.5) is 0 Å². The highest BCUT2D eigenvalue weighted by molar-refractivity contribution is 5.81. The van der Waals surface area contributed by atoms with Crippen LogP contribution in [0.25, 0.3) is 0 Å². The number of ketones is 1. The number of benzene rings is 1. The zero-order chi connectivity index (χ0) is 15.1. The van der Waals surface area contributed by atoms with Crippen LogP contribution in [0.2, 0.25) is 0 Å². The second-order valence-corrected chi connectivity index (χ2v) is 5.87. The first-order valence-electron chi connectivity index (χ1n) is 7.91. The molecule has 0 atom stereocenters. The Bertz CT molecular complexity index is 467. The number of carbonyl (C=O) groups excluding carboxylic acids is 1. The number of hydrogen-bond donors (Lipinski definition) is 3. The number of phenolic OH excluding ortho intramolecular Hbond substituents is 2. The summed E-state index contributed by atoms with van der Waals surface area (Å²) in [6, 6.07) is 4.87. The van der Waals surface area contributed by atoms with Gasteiger partial charge in [0.2, 0.25) is 0 Å². The SMILES string of the molecule is O=C(CCNCCc1ccc(O)c(O)c1)C1CCCCC1. The minimum absolute atomic E-state index is 0.0834. The monoisotopic (exact) mass is 291 g/mol. The molecule has 0 spiro atoms. The van der Waals surface area contributed by atoms with Crippen LogP contribution in [0.15, 0.2) is 18.2 Å². The van der Waals surface area contributed by atoms with Crippen LogP contribution in [-0.4, -0.2) is 29.1 Å². The Morgan fingerprint density at radius 3 is 2.57 bits per heavy atom. The minimum atomic E-state index is -0.0928. The molecular formula is C17H25NO3. The molecule has 3 N–H and O–H groups in total. The highest BCUT2D eigenvalue weighted by Gasteiger charge is 2.20. The fourth-order valence-electron chi connectivity index (χ4n) is 2.92. The van der Waals surface area contributed by atoms with Crippen LogP contribution < -0.4 is 5.32 Å². The van der Waals surface area contributed by atoms with Crippen LogP contribution in [-0.2, 0) is 11.2 Å². The molecule has 1 saturated carbocycles. The van der Waals surface area contributed by atoms with Crippen molar-refractivity contribution in [2.24, 2.45) is 5.92 Å². The maximum atomic E-state index is 12.0. The summed E-state index contributed by atoms with van der Waals surface area (Å²) in [5, 5.41) is 21.9. The molecule has 0 unspecified atom stereocenters. The van der Waals surface area contributed by atoms with Gasteiger partial charge >= 0.3 is 0 Å². The van der Waals surface area contributed by atoms with Crippen molar-refractivity contribution in [3.63, 3.8) is 0 Å². The summed E-state index contributed by atoms with van der Waals surface area (Å²) >= 11 is 0. The van der Waals surface area contributed by atoms with E-state index in [1.807, 2.05) is 0 Å². The smallest absolute Gasteiger partial charge is 0.157 e. The van der Waals surface area contributed by atoms with Crippen molar-refractivity contribution in [3.05, 3.63) is 23.8 Å². The molecule has 0 saturated heterocycles. The summed E-state index contributed by atoms with van der Waals surface area (Å²) in [7, 11) is 0. The molecular weight excluding hydrogens is 266 g/mol. The second-order valence-electron chi connectivity index (χ2n) is 5.87. The van der Waals surface area contributed by atoms with Gasteiger partial charge in [-0.25, -0.2) is 0 Å². The molecule has 4 nitrogen and oxygen atoms in total. The average molecular weight is 291 g/mol. The summed E-state index contributed by atoms with van der Waals surface area (Å²) in [6.45, 7) is 1.49. The van der Waals surface area contributed by atoms with E-state index in [0.29, 0.717) is 18.1 Å². The molecule has 1 aliphatic carbocycles. The molecule has 0 aliphatic heterocycles. The Balaban J connectivity index is 1.61. The third kappa shape index (κ3) is 5.05. The third-order valence-electron chi connectivity index (χ3n) is 4.24. The first-order valence-corrected chi connectivity index (χ1v) is 7.91. The summed E-state index contributed by atoms with van der Waals surface area (Å²) in [6.07, 6.45) is 7.22. The van der Waals surface area contributed by atoms with E-state index in [0.717, 1.165) is 37.9 Å². The van der Waals surface area contributed by atoms with E-state index in [9.17, 15) is 15.0 Å². The summed E-state index contributed by atoms with van der Waals surface area (Å²) in [5.41, 5.74) is 0.969. The fourth-order valence-corrected chi connectivity index (χ4v) is 2.92. The molecule has 4 heteroatoms. The van der Waals surface area contributed by atoms with E-state index >= 15 is 0 Å². The number of nitrogens with one attached hydrogen (secondary N) is 1. The van der Waals surface area contributed by atoms with Crippen LogP contribution in [0.1, 0.15) is 44.1 Å². The molecule has 2 rings (SSSR count). The van der Waals surface area contributed by atoms with Crippen molar-refractivity contribution >= 4 is 5.78 Å². The molecule has 0 aromatic heterocycles. The average Bonchev–Trinajstić information content (AvgIpc) is 2.51. The van der Waals surface area contributed by atoms with Crippen LogP contribution in [0.5, 0.6) is 11.5 Å². The molecule has 0 bridgehead atoms. The first-order chi connectivity index (χ1) is 10.2. The maximum Gasteiger partial charge on any atom is 0.157 e. The fraction of sp³-hybridized carbons (Fsp3) is 0.588. The Morgan fingerprint density at radius 1 is 1.10 bits per heavy atom. The van der Waals surface area contributed by atoms with Crippen molar-refractivity contribution in [3.8, 4) is 11.5 Å². The van der Waals surface area contributed by atoms with E-state index in [4.69, 9.17) is 0 Å². The Morgan fingerprint density at radius 2 is 1.86 bits per heavy atom. The van der Waals surface area contributed by atoms with Gasteiger partial charge in [-0.05, 0) is 43.5 Å². The third-order valence-corrected chi connectivity index (χ3v) is 4.24. The van der Waals surface area contributed by atoms with Crippen LogP contribution >= 0.6 is 0 Å². The molecule has 0 heterocycles. The molecule has 0 radical (unpaired) electrons. The first kappa shape index (κ1) is 15.8. The number of rotatable bonds is 7. The number of hydrogen-bond acceptors (Lipinski definition) is 4.